The lowest BCUT2D eigenvalue weighted by atomic mass is 10.0. The highest BCUT2D eigenvalue weighted by Crippen LogP contribution is 2.36. The van der Waals surface area contributed by atoms with Crippen LogP contribution < -0.4 is 15.1 Å². The zero-order chi connectivity index (χ0) is 22.8. The summed E-state index contributed by atoms with van der Waals surface area (Å²) in [5.74, 6) is 2.57. The number of nitrogens with one attached hydrogen (secondary N) is 1. The number of benzene rings is 1. The van der Waals surface area contributed by atoms with E-state index in [0.717, 1.165) is 55.6 Å². The highest BCUT2D eigenvalue weighted by Gasteiger charge is 2.41. The van der Waals surface area contributed by atoms with Crippen molar-refractivity contribution < 1.29 is 9.13 Å². The van der Waals surface area contributed by atoms with Crippen molar-refractivity contribution in [2.24, 2.45) is 11.0 Å². The first-order valence-electron chi connectivity index (χ1n) is 11.4. The van der Waals surface area contributed by atoms with Gasteiger partial charge in [0.1, 0.15) is 5.69 Å². The van der Waals surface area contributed by atoms with Crippen LogP contribution in [0, 0.1) is 11.7 Å². The topological polar surface area (TPSA) is 69.1 Å². The largest absolute Gasteiger partial charge is 0.494 e. The summed E-state index contributed by atoms with van der Waals surface area (Å²) >= 11 is 1.86. The van der Waals surface area contributed by atoms with Crippen LogP contribution in [0.4, 0.5) is 10.1 Å². The fourth-order valence-electron chi connectivity index (χ4n) is 5.06. The summed E-state index contributed by atoms with van der Waals surface area (Å²) in [6.07, 6.45) is 7.40. The molecule has 0 spiro atoms. The van der Waals surface area contributed by atoms with E-state index in [1.54, 1.807) is 18.6 Å². The lowest BCUT2D eigenvalue weighted by molar-refractivity contribution is 0.318. The number of thioether (sulfide) groups is 1. The number of aromatic nitrogens is 2. The quantitative estimate of drug-likeness (QED) is 0.589. The van der Waals surface area contributed by atoms with Crippen LogP contribution in [0.15, 0.2) is 41.9 Å². The van der Waals surface area contributed by atoms with E-state index in [1.807, 2.05) is 30.9 Å². The lowest BCUT2D eigenvalue weighted by Gasteiger charge is -2.27. The zero-order valence-electron chi connectivity index (χ0n) is 19.0. The maximum absolute atomic E-state index is 13.8. The van der Waals surface area contributed by atoms with E-state index >= 15 is 0 Å². The van der Waals surface area contributed by atoms with Crippen LogP contribution in [-0.4, -0.2) is 83.2 Å². The molecule has 0 aliphatic carbocycles. The molecule has 2 saturated heterocycles. The molecule has 176 valence electrons. The standard InChI is InChI=1S/C23H30FN7OS/c1-29-22(19-13-25-7-8-26-19)27-28-23(29)33-11-3-9-30-14-16-6-10-31(20(16)15-30)17-4-5-18(24)21(12-17)32-2/h4-5,7-8,12-13,16,20,23,28H,3,6,9-11,14-15H2,1-2H3/t16-,20+,23?/m0/s1. The molecule has 1 unspecified atom stereocenters. The van der Waals surface area contributed by atoms with Gasteiger partial charge in [0.2, 0.25) is 0 Å². The number of hydrazone groups is 1. The second-order valence-corrected chi connectivity index (χ2v) is 9.92. The van der Waals surface area contributed by atoms with Crippen LogP contribution in [0.5, 0.6) is 5.75 Å². The smallest absolute Gasteiger partial charge is 0.178 e. The van der Waals surface area contributed by atoms with Crippen LogP contribution >= 0.6 is 11.8 Å². The second-order valence-electron chi connectivity index (χ2n) is 8.73. The van der Waals surface area contributed by atoms with Gasteiger partial charge in [-0.3, -0.25) is 10.4 Å². The predicted octanol–water partition coefficient (Wildman–Crippen LogP) is 2.44. The number of halogens is 1. The Kier molecular flexibility index (Phi) is 6.55. The van der Waals surface area contributed by atoms with Crippen molar-refractivity contribution in [1.82, 2.24) is 25.2 Å². The SMILES string of the molecule is COc1cc(N2CC[C@H]3CN(CCCSC4NN=C(c5cnccn5)N4C)C[C@H]32)ccc1F. The summed E-state index contributed by atoms with van der Waals surface area (Å²) in [7, 11) is 3.55. The van der Waals surface area contributed by atoms with Gasteiger partial charge in [-0.05, 0) is 43.2 Å². The Morgan fingerprint density at radius 2 is 2.18 bits per heavy atom. The number of hydrogen-bond donors (Lipinski definition) is 1. The summed E-state index contributed by atoms with van der Waals surface area (Å²) in [5.41, 5.74) is 5.16. The number of likely N-dealkylation sites (tertiary alicyclic amines) is 1. The summed E-state index contributed by atoms with van der Waals surface area (Å²) in [6, 6.07) is 5.72. The summed E-state index contributed by atoms with van der Waals surface area (Å²) in [6.45, 7) is 4.33. The average Bonchev–Trinajstić information content (AvgIpc) is 3.52. The first-order valence-corrected chi connectivity index (χ1v) is 12.5. The van der Waals surface area contributed by atoms with Crippen LogP contribution in [0.25, 0.3) is 0 Å². The highest BCUT2D eigenvalue weighted by molar-refractivity contribution is 7.99. The Hall–Kier alpha value is -2.59. The molecule has 4 heterocycles. The Bertz CT molecular complexity index is 994. The molecule has 0 bridgehead atoms. The van der Waals surface area contributed by atoms with E-state index in [0.29, 0.717) is 17.7 Å². The number of methoxy groups -OCH3 is 1. The van der Waals surface area contributed by atoms with Gasteiger partial charge in [0.05, 0.1) is 13.3 Å². The minimum absolute atomic E-state index is 0.115. The van der Waals surface area contributed by atoms with Crippen molar-refractivity contribution in [2.75, 3.05) is 51.0 Å². The molecule has 3 aliphatic heterocycles. The van der Waals surface area contributed by atoms with Gasteiger partial charge in [0.15, 0.2) is 22.9 Å². The molecular formula is C23H30FN7OS. The average molecular weight is 472 g/mol. The van der Waals surface area contributed by atoms with Crippen LogP contribution in [0.3, 0.4) is 0 Å². The Balaban J connectivity index is 1.08. The molecule has 8 nitrogen and oxygen atoms in total. The minimum atomic E-state index is -0.306. The Morgan fingerprint density at radius 3 is 3.00 bits per heavy atom. The number of anilines is 1. The van der Waals surface area contributed by atoms with Crippen LogP contribution in [0.2, 0.25) is 0 Å². The highest BCUT2D eigenvalue weighted by atomic mass is 32.2. The number of hydrogen-bond acceptors (Lipinski definition) is 9. The molecule has 3 aliphatic rings. The molecular weight excluding hydrogens is 441 g/mol. The van der Waals surface area contributed by atoms with Gasteiger partial charge in [-0.15, -0.1) is 11.8 Å². The molecule has 1 aromatic heterocycles. The summed E-state index contributed by atoms with van der Waals surface area (Å²) in [4.78, 5) is 15.6. The first-order chi connectivity index (χ1) is 16.1. The second kappa shape index (κ2) is 9.72. The van der Waals surface area contributed by atoms with Crippen molar-refractivity contribution in [1.29, 1.82) is 0 Å². The zero-order valence-corrected chi connectivity index (χ0v) is 19.8. The van der Waals surface area contributed by atoms with Gasteiger partial charge >= 0.3 is 0 Å². The number of nitrogens with zero attached hydrogens (tertiary/aromatic N) is 6. The molecule has 10 heteroatoms. The summed E-state index contributed by atoms with van der Waals surface area (Å²) < 4.78 is 19.0. The van der Waals surface area contributed by atoms with E-state index in [1.165, 1.54) is 19.6 Å². The van der Waals surface area contributed by atoms with Gasteiger partial charge in [-0.2, -0.15) is 5.10 Å². The van der Waals surface area contributed by atoms with Gasteiger partial charge in [-0.1, -0.05) is 0 Å². The fraction of sp³-hybridized carbons (Fsp3) is 0.522. The van der Waals surface area contributed by atoms with Gasteiger partial charge in [0, 0.05) is 56.9 Å². The van der Waals surface area contributed by atoms with Gasteiger partial charge in [-0.25, -0.2) is 9.37 Å². The third-order valence-electron chi connectivity index (χ3n) is 6.74. The van der Waals surface area contributed by atoms with Crippen LogP contribution in [0.1, 0.15) is 18.5 Å². The number of rotatable bonds is 8. The van der Waals surface area contributed by atoms with E-state index in [-0.39, 0.29) is 11.3 Å². The Labute approximate surface area is 198 Å². The number of ether oxygens (including phenoxy) is 1. The molecule has 3 atom stereocenters. The Morgan fingerprint density at radius 1 is 1.27 bits per heavy atom. The normalized spacial score (nSPS) is 24.7. The maximum Gasteiger partial charge on any atom is 0.178 e. The van der Waals surface area contributed by atoms with Gasteiger partial charge < -0.3 is 19.4 Å². The molecule has 0 radical (unpaired) electrons. The van der Waals surface area contributed by atoms with Crippen molar-refractivity contribution in [3.8, 4) is 5.75 Å². The molecule has 33 heavy (non-hydrogen) atoms. The summed E-state index contributed by atoms with van der Waals surface area (Å²) in [5, 5.41) is 4.44. The maximum atomic E-state index is 13.8. The molecule has 5 rings (SSSR count). The molecule has 0 saturated carbocycles. The van der Waals surface area contributed by atoms with E-state index in [4.69, 9.17) is 4.74 Å². The molecule has 2 aromatic rings. The molecule has 0 amide bonds. The minimum Gasteiger partial charge on any atom is -0.494 e. The monoisotopic (exact) mass is 471 g/mol. The fourth-order valence-corrected chi connectivity index (χ4v) is 6.03. The third kappa shape index (κ3) is 4.59. The predicted molar refractivity (Wildman–Crippen MR) is 129 cm³/mol. The van der Waals surface area contributed by atoms with Gasteiger partial charge in [0.25, 0.3) is 0 Å². The van der Waals surface area contributed by atoms with Crippen molar-refractivity contribution in [3.05, 3.63) is 48.3 Å². The lowest BCUT2D eigenvalue weighted by Crippen LogP contribution is -2.36. The van der Waals surface area contributed by atoms with E-state index in [9.17, 15) is 4.39 Å². The molecule has 1 aromatic carbocycles. The number of fused-ring (bicyclic) bond motifs is 1. The molecule has 1 N–H and O–H groups in total. The van der Waals surface area contributed by atoms with E-state index in [2.05, 4.69) is 35.2 Å². The van der Waals surface area contributed by atoms with Crippen molar-refractivity contribution >= 4 is 23.3 Å². The van der Waals surface area contributed by atoms with Crippen LogP contribution in [-0.2, 0) is 0 Å². The number of amidine groups is 1. The van der Waals surface area contributed by atoms with E-state index < -0.39 is 0 Å². The molecule has 2 fully saturated rings. The van der Waals surface area contributed by atoms with Crippen molar-refractivity contribution in [3.63, 3.8) is 0 Å². The van der Waals surface area contributed by atoms with Crippen molar-refractivity contribution in [2.45, 2.75) is 24.4 Å². The third-order valence-corrected chi connectivity index (χ3v) is 8.00. The first kappa shape index (κ1) is 22.2.